The van der Waals surface area contributed by atoms with Gasteiger partial charge in [-0.1, -0.05) is 12.1 Å². The molecule has 1 amide bonds. The van der Waals surface area contributed by atoms with Crippen LogP contribution in [0.4, 0.5) is 0 Å². The first-order valence-corrected chi connectivity index (χ1v) is 10.3. The number of amides is 1. The number of benzene rings is 1. The first-order valence-electron chi connectivity index (χ1n) is 7.92. The van der Waals surface area contributed by atoms with Crippen molar-refractivity contribution in [3.05, 3.63) is 52.0 Å². The number of hydrogen-bond acceptors (Lipinski definition) is 5. The Morgan fingerprint density at radius 3 is 2.64 bits per heavy atom. The Labute approximate surface area is 151 Å². The largest absolute Gasteiger partial charge is 0.348 e. The lowest BCUT2D eigenvalue weighted by molar-refractivity contribution is -0.116. The second kappa shape index (κ2) is 7.47. The summed E-state index contributed by atoms with van der Waals surface area (Å²) >= 11 is 1.53. The monoisotopic (exact) mass is 377 g/mol. The summed E-state index contributed by atoms with van der Waals surface area (Å²) in [5, 5.41) is 5.59. The third kappa shape index (κ3) is 5.22. The highest BCUT2D eigenvalue weighted by Crippen LogP contribution is 2.22. The van der Waals surface area contributed by atoms with Gasteiger partial charge in [0, 0.05) is 24.0 Å². The van der Waals surface area contributed by atoms with Crippen LogP contribution in [0.2, 0.25) is 0 Å². The van der Waals surface area contributed by atoms with Crippen molar-refractivity contribution >= 4 is 33.3 Å². The number of nitrogens with zero attached hydrogens (tertiary/aromatic N) is 1. The van der Waals surface area contributed by atoms with Crippen molar-refractivity contribution < 1.29 is 13.2 Å². The van der Waals surface area contributed by atoms with Gasteiger partial charge in [-0.2, -0.15) is 0 Å². The topological polar surface area (TPSA) is 88.2 Å². The molecule has 0 bridgehead atoms. The minimum absolute atomic E-state index is 0.0808. The van der Waals surface area contributed by atoms with Gasteiger partial charge in [-0.05, 0) is 43.5 Å². The average Bonchev–Trinajstić information content (AvgIpc) is 3.29. The zero-order valence-electron chi connectivity index (χ0n) is 13.7. The van der Waals surface area contributed by atoms with E-state index in [1.165, 1.54) is 17.4 Å². The van der Waals surface area contributed by atoms with E-state index in [0.29, 0.717) is 6.54 Å². The Bertz CT molecular complexity index is 882. The molecule has 0 radical (unpaired) electrons. The van der Waals surface area contributed by atoms with Gasteiger partial charge in [0.15, 0.2) is 0 Å². The summed E-state index contributed by atoms with van der Waals surface area (Å²) in [6, 6.07) is 6.60. The fourth-order valence-electron chi connectivity index (χ4n) is 2.14. The van der Waals surface area contributed by atoms with Gasteiger partial charge in [0.2, 0.25) is 15.9 Å². The van der Waals surface area contributed by atoms with E-state index in [-0.39, 0.29) is 16.8 Å². The van der Waals surface area contributed by atoms with E-state index in [1.54, 1.807) is 30.3 Å². The van der Waals surface area contributed by atoms with Crippen molar-refractivity contribution in [2.24, 2.45) is 0 Å². The van der Waals surface area contributed by atoms with Crippen molar-refractivity contribution in [3.63, 3.8) is 0 Å². The predicted octanol–water partition coefficient (Wildman–Crippen LogP) is 2.22. The molecule has 1 heterocycles. The number of aromatic nitrogens is 1. The molecule has 0 aliphatic heterocycles. The highest BCUT2D eigenvalue weighted by molar-refractivity contribution is 7.89. The molecule has 1 aliphatic rings. The van der Waals surface area contributed by atoms with Crippen molar-refractivity contribution in [2.75, 3.05) is 0 Å². The van der Waals surface area contributed by atoms with Gasteiger partial charge in [-0.25, -0.2) is 18.1 Å². The van der Waals surface area contributed by atoms with Crippen LogP contribution in [-0.2, 0) is 21.4 Å². The number of rotatable bonds is 7. The van der Waals surface area contributed by atoms with Crippen molar-refractivity contribution in [1.29, 1.82) is 0 Å². The van der Waals surface area contributed by atoms with Crippen LogP contribution in [0.3, 0.4) is 0 Å². The second-order valence-corrected chi connectivity index (χ2v) is 8.66. The lowest BCUT2D eigenvalue weighted by Crippen LogP contribution is -2.25. The van der Waals surface area contributed by atoms with Crippen molar-refractivity contribution in [3.8, 4) is 0 Å². The maximum absolute atomic E-state index is 12.1. The molecule has 0 unspecified atom stereocenters. The molecule has 1 aliphatic carbocycles. The van der Waals surface area contributed by atoms with Crippen LogP contribution in [0.15, 0.2) is 40.6 Å². The number of thiazole rings is 1. The molecule has 2 aromatic rings. The summed E-state index contributed by atoms with van der Waals surface area (Å²) in [6.07, 6.45) is 4.90. The van der Waals surface area contributed by atoms with Crippen LogP contribution in [0.1, 0.15) is 29.1 Å². The van der Waals surface area contributed by atoms with Crippen molar-refractivity contribution in [1.82, 2.24) is 15.0 Å². The molecule has 1 aromatic carbocycles. The van der Waals surface area contributed by atoms with E-state index in [0.717, 1.165) is 29.1 Å². The van der Waals surface area contributed by atoms with Crippen LogP contribution in [0, 0.1) is 6.92 Å². The third-order valence-electron chi connectivity index (χ3n) is 3.64. The second-order valence-electron chi connectivity index (χ2n) is 5.88. The molecule has 6 nitrogen and oxygen atoms in total. The Morgan fingerprint density at radius 1 is 1.32 bits per heavy atom. The van der Waals surface area contributed by atoms with Crippen LogP contribution < -0.4 is 10.0 Å². The third-order valence-corrected chi connectivity index (χ3v) is 5.97. The predicted molar refractivity (Wildman–Crippen MR) is 97.5 cm³/mol. The van der Waals surface area contributed by atoms with E-state index >= 15 is 0 Å². The molecule has 1 saturated carbocycles. The summed E-state index contributed by atoms with van der Waals surface area (Å²) < 4.78 is 26.8. The van der Waals surface area contributed by atoms with Crippen LogP contribution >= 0.6 is 11.3 Å². The summed E-state index contributed by atoms with van der Waals surface area (Å²) in [5.41, 5.74) is 1.59. The van der Waals surface area contributed by atoms with Crippen LogP contribution in [-0.4, -0.2) is 25.4 Å². The lowest BCUT2D eigenvalue weighted by Gasteiger charge is -2.07. The smallest absolute Gasteiger partial charge is 0.244 e. The Kier molecular flexibility index (Phi) is 5.31. The molecule has 1 aromatic heterocycles. The maximum Gasteiger partial charge on any atom is 0.244 e. The number of nitrogens with one attached hydrogen (secondary N) is 2. The van der Waals surface area contributed by atoms with Gasteiger partial charge in [-0.3, -0.25) is 4.79 Å². The van der Waals surface area contributed by atoms with Gasteiger partial charge in [0.1, 0.15) is 0 Å². The molecule has 8 heteroatoms. The van der Waals surface area contributed by atoms with Gasteiger partial charge >= 0.3 is 0 Å². The van der Waals surface area contributed by atoms with E-state index in [9.17, 15) is 13.2 Å². The average molecular weight is 377 g/mol. The molecule has 25 heavy (non-hydrogen) atoms. The molecule has 132 valence electrons. The highest BCUT2D eigenvalue weighted by Gasteiger charge is 2.27. The fraction of sp³-hybridized carbons (Fsp3) is 0.294. The lowest BCUT2D eigenvalue weighted by atomic mass is 10.2. The standard InChI is InChI=1S/C17H19N3O3S2/c1-12-19-15(11-24-12)6-9-17(21)18-10-13-2-7-16(8-3-13)25(22,23)20-14-4-5-14/h2-3,6-9,11,14,20H,4-5,10H2,1H3,(H,18,21)/b9-6+. The van der Waals surface area contributed by atoms with E-state index in [4.69, 9.17) is 0 Å². The first kappa shape index (κ1) is 17.8. The zero-order chi connectivity index (χ0) is 17.9. The highest BCUT2D eigenvalue weighted by atomic mass is 32.2. The molecule has 2 N–H and O–H groups in total. The molecular formula is C17H19N3O3S2. The van der Waals surface area contributed by atoms with Gasteiger partial charge in [-0.15, -0.1) is 11.3 Å². The normalized spacial score (nSPS) is 14.8. The van der Waals surface area contributed by atoms with Crippen molar-refractivity contribution in [2.45, 2.75) is 37.2 Å². The number of sulfonamides is 1. The molecular weight excluding hydrogens is 358 g/mol. The minimum atomic E-state index is -3.44. The fourth-order valence-corrected chi connectivity index (χ4v) is 4.03. The Morgan fingerprint density at radius 2 is 2.04 bits per heavy atom. The number of carbonyl (C=O) groups excluding carboxylic acids is 1. The maximum atomic E-state index is 12.1. The molecule has 3 rings (SSSR count). The van der Waals surface area contributed by atoms with E-state index in [1.807, 2.05) is 12.3 Å². The zero-order valence-corrected chi connectivity index (χ0v) is 15.4. The molecule has 1 fully saturated rings. The summed E-state index contributed by atoms with van der Waals surface area (Å²) in [4.78, 5) is 16.3. The number of aryl methyl sites for hydroxylation is 1. The molecule has 0 atom stereocenters. The van der Waals surface area contributed by atoms with E-state index < -0.39 is 10.0 Å². The van der Waals surface area contributed by atoms with Gasteiger partial charge < -0.3 is 5.32 Å². The number of hydrogen-bond donors (Lipinski definition) is 2. The molecule has 0 spiro atoms. The summed E-state index contributed by atoms with van der Waals surface area (Å²) in [5.74, 6) is -0.224. The van der Waals surface area contributed by atoms with Gasteiger partial charge in [0.05, 0.1) is 15.6 Å². The van der Waals surface area contributed by atoms with Crippen LogP contribution in [0.5, 0.6) is 0 Å². The summed E-state index contributed by atoms with van der Waals surface area (Å²) in [6.45, 7) is 2.24. The van der Waals surface area contributed by atoms with E-state index in [2.05, 4.69) is 15.0 Å². The Hall–Kier alpha value is -2.03. The first-order chi connectivity index (χ1) is 11.9. The molecule has 0 saturated heterocycles. The quantitative estimate of drug-likeness (QED) is 0.724. The summed E-state index contributed by atoms with van der Waals surface area (Å²) in [7, 11) is -3.44. The van der Waals surface area contributed by atoms with Gasteiger partial charge in [0.25, 0.3) is 0 Å². The van der Waals surface area contributed by atoms with Crippen LogP contribution in [0.25, 0.3) is 6.08 Å². The number of carbonyl (C=O) groups is 1. The Balaban J connectivity index is 1.52. The minimum Gasteiger partial charge on any atom is -0.348 e. The SMILES string of the molecule is Cc1nc(/C=C/C(=O)NCc2ccc(S(=O)(=O)NC3CC3)cc2)cs1.